The van der Waals surface area contributed by atoms with Crippen molar-refractivity contribution in [2.75, 3.05) is 5.33 Å². The number of alkyl halides is 1. The number of fused-ring (bicyclic) bond motifs is 1. The summed E-state index contributed by atoms with van der Waals surface area (Å²) in [5.41, 5.74) is 3.29. The van der Waals surface area contributed by atoms with Gasteiger partial charge in [0.25, 0.3) is 0 Å². The van der Waals surface area contributed by atoms with Crippen molar-refractivity contribution in [3.8, 4) is 5.75 Å². The predicted molar refractivity (Wildman–Crippen MR) is 86.9 cm³/mol. The molecule has 0 bridgehead atoms. The maximum atomic E-state index is 14.0. The molecule has 0 saturated heterocycles. The Morgan fingerprint density at radius 3 is 2.86 bits per heavy atom. The molecule has 3 rings (SSSR count). The Balaban J connectivity index is 1.74. The Kier molecular flexibility index (Phi) is 4.29. The van der Waals surface area contributed by atoms with Crippen LogP contribution in [0.1, 0.15) is 29.0 Å². The van der Waals surface area contributed by atoms with Crippen molar-refractivity contribution in [1.82, 2.24) is 0 Å². The third-order valence-electron chi connectivity index (χ3n) is 4.04. The molecule has 0 radical (unpaired) electrons. The summed E-state index contributed by atoms with van der Waals surface area (Å²) in [5, 5.41) is 0.739. The fraction of sp³-hybridized carbons (Fsp3) is 0.333. The topological polar surface area (TPSA) is 9.23 Å². The number of rotatable bonds is 4. The van der Waals surface area contributed by atoms with Crippen LogP contribution in [-0.4, -0.2) is 11.4 Å². The van der Waals surface area contributed by atoms with Gasteiger partial charge in [0.15, 0.2) is 0 Å². The summed E-state index contributed by atoms with van der Waals surface area (Å²) in [7, 11) is 0. The van der Waals surface area contributed by atoms with Crippen molar-refractivity contribution in [2.45, 2.75) is 31.8 Å². The number of hydrogen-bond donors (Lipinski definition) is 0. The van der Waals surface area contributed by atoms with Crippen LogP contribution in [0, 0.1) is 12.7 Å². The quantitative estimate of drug-likeness (QED) is 0.706. The van der Waals surface area contributed by atoms with E-state index in [2.05, 4.69) is 35.0 Å². The van der Waals surface area contributed by atoms with Crippen molar-refractivity contribution >= 4 is 15.9 Å². The summed E-state index contributed by atoms with van der Waals surface area (Å²) in [6.45, 7) is 2.09. The average Bonchev–Trinajstić information content (AvgIpc) is 2.87. The highest BCUT2D eigenvalue weighted by Gasteiger charge is 2.27. The van der Waals surface area contributed by atoms with Gasteiger partial charge in [0.1, 0.15) is 17.7 Å². The molecule has 21 heavy (non-hydrogen) atoms. The molecular weight excluding hydrogens is 331 g/mol. The van der Waals surface area contributed by atoms with E-state index in [9.17, 15) is 4.39 Å². The minimum atomic E-state index is -0.131. The zero-order valence-corrected chi connectivity index (χ0v) is 13.6. The average molecular weight is 349 g/mol. The van der Waals surface area contributed by atoms with E-state index >= 15 is 0 Å². The molecule has 1 heterocycles. The second-order valence-electron chi connectivity index (χ2n) is 5.66. The predicted octanol–water partition coefficient (Wildman–Crippen LogP) is 5.01. The fourth-order valence-electron chi connectivity index (χ4n) is 2.98. The van der Waals surface area contributed by atoms with E-state index in [1.807, 2.05) is 18.2 Å². The molecule has 0 N–H and O–H groups in total. The molecule has 2 aromatic rings. The van der Waals surface area contributed by atoms with Crippen LogP contribution < -0.4 is 4.74 Å². The number of aryl methyl sites for hydroxylation is 1. The minimum Gasteiger partial charge on any atom is -0.490 e. The lowest BCUT2D eigenvalue weighted by molar-refractivity contribution is 0.212. The Hall–Kier alpha value is -1.35. The van der Waals surface area contributed by atoms with Gasteiger partial charge < -0.3 is 4.74 Å². The summed E-state index contributed by atoms with van der Waals surface area (Å²) >= 11 is 3.52. The van der Waals surface area contributed by atoms with Crippen LogP contribution in [0.25, 0.3) is 0 Å². The van der Waals surface area contributed by atoms with Gasteiger partial charge in [-0.1, -0.05) is 51.8 Å². The maximum Gasteiger partial charge on any atom is 0.126 e. The molecule has 0 aliphatic carbocycles. The summed E-state index contributed by atoms with van der Waals surface area (Å²) in [6, 6.07) is 13.3. The van der Waals surface area contributed by atoms with E-state index in [0.29, 0.717) is 0 Å². The molecular formula is C18H18BrFO. The highest BCUT2D eigenvalue weighted by molar-refractivity contribution is 9.09. The van der Waals surface area contributed by atoms with E-state index in [1.54, 1.807) is 6.07 Å². The number of halogens is 2. The smallest absolute Gasteiger partial charge is 0.126 e. The molecule has 1 nitrogen and oxygen atoms in total. The van der Waals surface area contributed by atoms with Gasteiger partial charge in [0.2, 0.25) is 0 Å². The van der Waals surface area contributed by atoms with Gasteiger partial charge in [-0.05, 0) is 42.5 Å². The second-order valence-corrected chi connectivity index (χ2v) is 6.31. The largest absolute Gasteiger partial charge is 0.490 e. The second kappa shape index (κ2) is 6.18. The zero-order valence-electron chi connectivity index (χ0n) is 12.0. The summed E-state index contributed by atoms with van der Waals surface area (Å²) in [6.07, 6.45) is 1.86. The first-order valence-electron chi connectivity index (χ1n) is 7.24. The summed E-state index contributed by atoms with van der Waals surface area (Å²) in [5.74, 6) is 0.979. The van der Waals surface area contributed by atoms with Crippen LogP contribution in [0.4, 0.5) is 4.39 Å². The van der Waals surface area contributed by atoms with E-state index in [-0.39, 0.29) is 17.8 Å². The van der Waals surface area contributed by atoms with Crippen LogP contribution in [0.3, 0.4) is 0 Å². The molecule has 0 aromatic heterocycles. The van der Waals surface area contributed by atoms with Crippen molar-refractivity contribution in [3.63, 3.8) is 0 Å². The molecule has 110 valence electrons. The normalized spacial score (nSPS) is 18.1. The Labute approximate surface area is 133 Å². The number of hydrogen-bond acceptors (Lipinski definition) is 1. The Morgan fingerprint density at radius 1 is 1.29 bits per heavy atom. The molecule has 0 spiro atoms. The molecule has 0 fully saturated rings. The molecule has 2 unspecified atom stereocenters. The van der Waals surface area contributed by atoms with Gasteiger partial charge in [0, 0.05) is 11.8 Å². The first-order chi connectivity index (χ1) is 10.2. The first kappa shape index (κ1) is 14.6. The SMILES string of the molecule is Cc1ccc2c(c1)CC(CC(CBr)c1ccccc1F)O2. The maximum absolute atomic E-state index is 14.0. The van der Waals surface area contributed by atoms with Gasteiger partial charge >= 0.3 is 0 Å². The summed E-state index contributed by atoms with van der Waals surface area (Å²) < 4.78 is 20.0. The van der Waals surface area contributed by atoms with E-state index in [4.69, 9.17) is 4.74 Å². The van der Waals surface area contributed by atoms with Crippen LogP contribution >= 0.6 is 15.9 Å². The molecule has 2 aromatic carbocycles. The third-order valence-corrected chi connectivity index (χ3v) is 4.82. The van der Waals surface area contributed by atoms with Crippen molar-refractivity contribution in [1.29, 1.82) is 0 Å². The number of benzene rings is 2. The van der Waals surface area contributed by atoms with Crippen molar-refractivity contribution < 1.29 is 9.13 Å². The van der Waals surface area contributed by atoms with E-state index in [0.717, 1.165) is 29.5 Å². The lowest BCUT2D eigenvalue weighted by Gasteiger charge is -2.19. The zero-order chi connectivity index (χ0) is 14.8. The van der Waals surface area contributed by atoms with Crippen LogP contribution in [0.5, 0.6) is 5.75 Å². The minimum absolute atomic E-state index is 0.129. The standard InChI is InChI=1S/C18H18BrFO/c1-12-6-7-18-13(8-12)9-15(21-18)10-14(11-19)16-4-2-3-5-17(16)20/h2-8,14-15H,9-11H2,1H3. The van der Waals surface area contributed by atoms with E-state index in [1.165, 1.54) is 17.2 Å². The van der Waals surface area contributed by atoms with Crippen molar-refractivity contribution in [3.05, 3.63) is 65.0 Å². The lowest BCUT2D eigenvalue weighted by Crippen LogP contribution is -2.18. The molecule has 2 atom stereocenters. The first-order valence-corrected chi connectivity index (χ1v) is 8.36. The van der Waals surface area contributed by atoms with Crippen LogP contribution in [-0.2, 0) is 6.42 Å². The molecule has 3 heteroatoms. The highest BCUT2D eigenvalue weighted by Crippen LogP contribution is 2.35. The fourth-order valence-corrected chi connectivity index (χ4v) is 3.59. The van der Waals surface area contributed by atoms with Crippen molar-refractivity contribution in [2.24, 2.45) is 0 Å². The number of ether oxygens (including phenoxy) is 1. The molecule has 0 amide bonds. The van der Waals surface area contributed by atoms with Gasteiger partial charge in [-0.25, -0.2) is 4.39 Å². The van der Waals surface area contributed by atoms with Crippen LogP contribution in [0.15, 0.2) is 42.5 Å². The Bertz CT molecular complexity index is 641. The van der Waals surface area contributed by atoms with E-state index < -0.39 is 0 Å². The molecule has 1 aliphatic heterocycles. The molecule has 0 saturated carbocycles. The summed E-state index contributed by atoms with van der Waals surface area (Å²) in [4.78, 5) is 0. The van der Waals surface area contributed by atoms with Gasteiger partial charge in [-0.15, -0.1) is 0 Å². The lowest BCUT2D eigenvalue weighted by atomic mass is 9.93. The van der Waals surface area contributed by atoms with Crippen LogP contribution in [0.2, 0.25) is 0 Å². The monoisotopic (exact) mass is 348 g/mol. The van der Waals surface area contributed by atoms with Gasteiger partial charge in [-0.2, -0.15) is 0 Å². The molecule has 1 aliphatic rings. The van der Waals surface area contributed by atoms with Gasteiger partial charge in [-0.3, -0.25) is 0 Å². The Morgan fingerprint density at radius 2 is 2.10 bits per heavy atom. The van der Waals surface area contributed by atoms with Gasteiger partial charge in [0.05, 0.1) is 0 Å². The highest BCUT2D eigenvalue weighted by atomic mass is 79.9. The third kappa shape index (κ3) is 3.13.